The molecule has 108 valence electrons. The van der Waals surface area contributed by atoms with Crippen LogP contribution in [0, 0.1) is 5.82 Å². The molecule has 0 spiro atoms. The largest absolute Gasteiger partial charge is 0.452 e. The van der Waals surface area contributed by atoms with Gasteiger partial charge >= 0.3 is 5.97 Å². The Morgan fingerprint density at radius 1 is 1.14 bits per heavy atom. The van der Waals surface area contributed by atoms with Crippen molar-refractivity contribution in [3.05, 3.63) is 64.9 Å². The van der Waals surface area contributed by atoms with E-state index >= 15 is 0 Å². The molecule has 6 heteroatoms. The molecule has 0 atom stereocenters. The lowest BCUT2D eigenvalue weighted by molar-refractivity contribution is -0.119. The Balaban J connectivity index is 1.89. The van der Waals surface area contributed by atoms with Gasteiger partial charge in [-0.1, -0.05) is 29.8 Å². The van der Waals surface area contributed by atoms with Gasteiger partial charge in [0.25, 0.3) is 5.91 Å². The molecule has 0 aliphatic carbocycles. The van der Waals surface area contributed by atoms with Gasteiger partial charge in [-0.05, 0) is 30.3 Å². The summed E-state index contributed by atoms with van der Waals surface area (Å²) in [6.07, 6.45) is 0. The van der Waals surface area contributed by atoms with Crippen LogP contribution in [0.2, 0.25) is 5.02 Å². The monoisotopic (exact) mass is 307 g/mol. The highest BCUT2D eigenvalue weighted by molar-refractivity contribution is 6.31. The topological polar surface area (TPSA) is 55.4 Å². The minimum absolute atomic E-state index is 0.0777. The number of anilines is 1. The maximum atomic E-state index is 13.0. The molecule has 2 aromatic rings. The van der Waals surface area contributed by atoms with Gasteiger partial charge in [0.05, 0.1) is 10.6 Å². The van der Waals surface area contributed by atoms with Crippen molar-refractivity contribution < 1.29 is 18.7 Å². The number of esters is 1. The molecule has 0 aliphatic heterocycles. The summed E-state index contributed by atoms with van der Waals surface area (Å²) in [5.74, 6) is -1.85. The lowest BCUT2D eigenvalue weighted by Gasteiger charge is -2.06. The summed E-state index contributed by atoms with van der Waals surface area (Å²) in [5.41, 5.74) is 0.678. The van der Waals surface area contributed by atoms with Crippen molar-refractivity contribution in [2.75, 3.05) is 11.9 Å². The van der Waals surface area contributed by atoms with E-state index in [-0.39, 0.29) is 10.6 Å². The Labute approximate surface area is 125 Å². The van der Waals surface area contributed by atoms with E-state index in [1.807, 2.05) is 6.07 Å². The van der Waals surface area contributed by atoms with Crippen molar-refractivity contribution >= 4 is 29.2 Å². The molecule has 0 radical (unpaired) electrons. The molecule has 2 rings (SSSR count). The van der Waals surface area contributed by atoms with Crippen LogP contribution in [0.15, 0.2) is 48.5 Å². The zero-order valence-electron chi connectivity index (χ0n) is 10.8. The molecular formula is C15H11ClFNO3. The van der Waals surface area contributed by atoms with Gasteiger partial charge in [-0.25, -0.2) is 9.18 Å². The Bertz CT molecular complexity index is 661. The number of ether oxygens (including phenoxy) is 1. The van der Waals surface area contributed by atoms with E-state index in [1.165, 1.54) is 6.07 Å². The fourth-order valence-electron chi connectivity index (χ4n) is 1.56. The van der Waals surface area contributed by atoms with Crippen molar-refractivity contribution in [3.8, 4) is 0 Å². The van der Waals surface area contributed by atoms with E-state index in [0.29, 0.717) is 5.69 Å². The zero-order chi connectivity index (χ0) is 15.2. The molecule has 0 unspecified atom stereocenters. The quantitative estimate of drug-likeness (QED) is 0.882. The fraction of sp³-hybridized carbons (Fsp3) is 0.0667. The number of rotatable bonds is 4. The first-order valence-electron chi connectivity index (χ1n) is 6.03. The molecule has 0 saturated carbocycles. The standard InChI is InChI=1S/C15H11ClFNO3/c16-12-8-10(6-7-13(12)17)15(20)21-9-14(19)18-11-4-2-1-3-5-11/h1-8H,9H2,(H,18,19). The third kappa shape index (κ3) is 4.29. The van der Waals surface area contributed by atoms with Crippen molar-refractivity contribution in [2.45, 2.75) is 0 Å². The smallest absolute Gasteiger partial charge is 0.338 e. The van der Waals surface area contributed by atoms with Gasteiger partial charge in [0.1, 0.15) is 5.82 Å². The lowest BCUT2D eigenvalue weighted by Crippen LogP contribution is -2.20. The normalized spacial score (nSPS) is 10.0. The molecule has 1 amide bonds. The predicted octanol–water partition coefficient (Wildman–Crippen LogP) is 3.27. The molecular weight excluding hydrogens is 297 g/mol. The third-order valence-electron chi connectivity index (χ3n) is 2.55. The molecule has 0 heterocycles. The minimum atomic E-state index is -0.750. The Hall–Kier alpha value is -2.40. The Morgan fingerprint density at radius 2 is 1.86 bits per heavy atom. The van der Waals surface area contributed by atoms with Crippen LogP contribution in [0.5, 0.6) is 0 Å². The first kappa shape index (κ1) is 15.0. The first-order chi connectivity index (χ1) is 10.1. The molecule has 0 saturated heterocycles. The summed E-state index contributed by atoms with van der Waals surface area (Å²) < 4.78 is 17.8. The predicted molar refractivity (Wildman–Crippen MR) is 76.8 cm³/mol. The van der Waals surface area contributed by atoms with E-state index in [9.17, 15) is 14.0 Å². The third-order valence-corrected chi connectivity index (χ3v) is 2.84. The van der Waals surface area contributed by atoms with Crippen LogP contribution < -0.4 is 5.32 Å². The van der Waals surface area contributed by atoms with Gasteiger partial charge in [0.2, 0.25) is 0 Å². The van der Waals surface area contributed by atoms with Crippen LogP contribution in [0.4, 0.5) is 10.1 Å². The lowest BCUT2D eigenvalue weighted by atomic mass is 10.2. The second kappa shape index (κ2) is 6.85. The maximum absolute atomic E-state index is 13.0. The second-order valence-electron chi connectivity index (χ2n) is 4.12. The average molecular weight is 308 g/mol. The number of nitrogens with one attached hydrogen (secondary N) is 1. The van der Waals surface area contributed by atoms with Gasteiger partial charge in [-0.15, -0.1) is 0 Å². The first-order valence-corrected chi connectivity index (χ1v) is 6.41. The van der Waals surface area contributed by atoms with E-state index in [4.69, 9.17) is 16.3 Å². The van der Waals surface area contributed by atoms with Crippen molar-refractivity contribution in [1.82, 2.24) is 0 Å². The Kier molecular flexibility index (Phi) is 4.90. The van der Waals surface area contributed by atoms with Crippen LogP contribution in [0.1, 0.15) is 10.4 Å². The number of para-hydroxylation sites is 1. The van der Waals surface area contributed by atoms with Crippen molar-refractivity contribution in [3.63, 3.8) is 0 Å². The molecule has 0 bridgehead atoms. The highest BCUT2D eigenvalue weighted by atomic mass is 35.5. The van der Waals surface area contributed by atoms with Gasteiger partial charge in [-0.2, -0.15) is 0 Å². The summed E-state index contributed by atoms with van der Waals surface area (Å²) in [5, 5.41) is 2.38. The number of carbonyl (C=O) groups excluding carboxylic acids is 2. The van der Waals surface area contributed by atoms with Crippen LogP contribution in [-0.2, 0) is 9.53 Å². The summed E-state index contributed by atoms with van der Waals surface area (Å²) in [4.78, 5) is 23.3. The fourth-order valence-corrected chi connectivity index (χ4v) is 1.74. The second-order valence-corrected chi connectivity index (χ2v) is 4.53. The van der Waals surface area contributed by atoms with E-state index < -0.39 is 24.3 Å². The van der Waals surface area contributed by atoms with E-state index in [1.54, 1.807) is 24.3 Å². The average Bonchev–Trinajstić information content (AvgIpc) is 2.48. The van der Waals surface area contributed by atoms with Crippen LogP contribution in [0.3, 0.4) is 0 Å². The van der Waals surface area contributed by atoms with Crippen molar-refractivity contribution in [1.29, 1.82) is 0 Å². The molecule has 4 nitrogen and oxygen atoms in total. The number of halogens is 2. The van der Waals surface area contributed by atoms with Crippen LogP contribution in [-0.4, -0.2) is 18.5 Å². The summed E-state index contributed by atoms with van der Waals surface area (Å²) in [6, 6.07) is 12.2. The number of carbonyl (C=O) groups is 2. The van der Waals surface area contributed by atoms with Gasteiger partial charge in [0, 0.05) is 5.69 Å². The summed E-state index contributed by atoms with van der Waals surface area (Å²) >= 11 is 5.57. The minimum Gasteiger partial charge on any atom is -0.452 e. The van der Waals surface area contributed by atoms with Gasteiger partial charge in [-0.3, -0.25) is 4.79 Å². The molecule has 21 heavy (non-hydrogen) atoms. The maximum Gasteiger partial charge on any atom is 0.338 e. The molecule has 0 aliphatic rings. The van der Waals surface area contributed by atoms with Crippen LogP contribution >= 0.6 is 11.6 Å². The number of amides is 1. The van der Waals surface area contributed by atoms with E-state index in [2.05, 4.69) is 5.32 Å². The molecule has 0 fully saturated rings. The highest BCUT2D eigenvalue weighted by Crippen LogP contribution is 2.16. The summed E-state index contributed by atoms with van der Waals surface area (Å²) in [7, 11) is 0. The van der Waals surface area contributed by atoms with Gasteiger partial charge in [0.15, 0.2) is 6.61 Å². The van der Waals surface area contributed by atoms with Crippen LogP contribution in [0.25, 0.3) is 0 Å². The van der Waals surface area contributed by atoms with Gasteiger partial charge < -0.3 is 10.1 Å². The molecule has 2 aromatic carbocycles. The zero-order valence-corrected chi connectivity index (χ0v) is 11.6. The number of benzene rings is 2. The molecule has 0 aromatic heterocycles. The SMILES string of the molecule is O=C(COC(=O)c1ccc(F)c(Cl)c1)Nc1ccccc1. The molecule has 1 N–H and O–H groups in total. The van der Waals surface area contributed by atoms with E-state index in [0.717, 1.165) is 12.1 Å². The summed E-state index contributed by atoms with van der Waals surface area (Å²) in [6.45, 7) is -0.442. The van der Waals surface area contributed by atoms with Crippen molar-refractivity contribution in [2.24, 2.45) is 0 Å². The highest BCUT2D eigenvalue weighted by Gasteiger charge is 2.12. The Morgan fingerprint density at radius 3 is 2.52 bits per heavy atom. The number of hydrogen-bond donors (Lipinski definition) is 1. The number of hydrogen-bond acceptors (Lipinski definition) is 3.